The average Bonchev–Trinajstić information content (AvgIpc) is 3.74. The second-order valence-electron chi connectivity index (χ2n) is 18.9. The van der Waals surface area contributed by atoms with Gasteiger partial charge >= 0.3 is 0 Å². The Bertz CT molecular complexity index is 3770. The minimum atomic E-state index is 0.211. The maximum absolute atomic E-state index is 4.95. The average molecular weight is 899 g/mol. The molecule has 3 aliphatic carbocycles. The molecule has 9 aromatic rings. The summed E-state index contributed by atoms with van der Waals surface area (Å²) in [5, 5.41) is 4.89. The van der Waals surface area contributed by atoms with Crippen LogP contribution in [0.2, 0.25) is 0 Å². The first-order valence-electron chi connectivity index (χ1n) is 24.6. The second-order valence-corrected chi connectivity index (χ2v) is 18.9. The highest BCUT2D eigenvalue weighted by molar-refractivity contribution is 6.10. The Labute approximate surface area is 411 Å². The number of benzene rings is 8. The van der Waals surface area contributed by atoms with Gasteiger partial charge in [0.1, 0.15) is 0 Å². The first kappa shape index (κ1) is 42.9. The molecule has 70 heavy (non-hydrogen) atoms. The molecular formula is C68H54N2. The van der Waals surface area contributed by atoms with Gasteiger partial charge in [0, 0.05) is 45.2 Å². The van der Waals surface area contributed by atoms with E-state index in [2.05, 4.69) is 248 Å². The highest BCUT2D eigenvalue weighted by atomic mass is 15.2. The number of nitrogens with zero attached hydrogens (tertiary/aromatic N) is 2. The van der Waals surface area contributed by atoms with Crippen LogP contribution in [0.25, 0.3) is 66.7 Å². The molecule has 0 aliphatic heterocycles. The Morgan fingerprint density at radius 1 is 0.657 bits per heavy atom. The molecule has 0 radical (unpaired) electrons. The van der Waals surface area contributed by atoms with Gasteiger partial charge in [-0.3, -0.25) is 0 Å². The molecule has 2 unspecified atom stereocenters. The van der Waals surface area contributed by atoms with Crippen LogP contribution in [0.4, 0.5) is 11.4 Å². The fourth-order valence-corrected chi connectivity index (χ4v) is 11.7. The quantitative estimate of drug-likeness (QED) is 0.124. The van der Waals surface area contributed by atoms with Crippen LogP contribution in [0.3, 0.4) is 0 Å². The topological polar surface area (TPSA) is 8.17 Å². The van der Waals surface area contributed by atoms with Gasteiger partial charge in [-0.1, -0.05) is 195 Å². The molecule has 3 aliphatic rings. The van der Waals surface area contributed by atoms with Crippen LogP contribution in [0.15, 0.2) is 254 Å². The van der Waals surface area contributed by atoms with Crippen LogP contribution < -0.4 is 4.90 Å². The lowest BCUT2D eigenvalue weighted by Crippen LogP contribution is -2.24. The van der Waals surface area contributed by atoms with Gasteiger partial charge in [-0.05, 0) is 147 Å². The van der Waals surface area contributed by atoms with E-state index in [9.17, 15) is 0 Å². The standard InChI is InChI=1S/C68H54N2/c1-5-6-26-54-46(3)66(44-49-25-11-13-29-56(49)54)69(47(4)55-28-14-15-30-57(55)53-27-12-10-22-45(53)2)51-38-40-52(41-39-51)70-64-36-21-20-31-58(64)63-43-50(37-42-65(63)70)68-61-34-18-16-32-59(61)67(48-23-8-7-9-24-48)60-33-17-19-35-62(60)68/h5-16,18-32,34-44,61,68H,1,4,17,33H2,2-3H3/b26-6-. The van der Waals surface area contributed by atoms with Crippen molar-refractivity contribution in [1.82, 2.24) is 4.57 Å². The van der Waals surface area contributed by atoms with Crippen molar-refractivity contribution in [2.24, 2.45) is 5.92 Å². The summed E-state index contributed by atoms with van der Waals surface area (Å²) >= 11 is 0. The fraction of sp³-hybridized carbons (Fsp3) is 0.0882. The Morgan fingerprint density at radius 2 is 1.39 bits per heavy atom. The maximum atomic E-state index is 4.95. The lowest BCUT2D eigenvalue weighted by atomic mass is 9.65. The van der Waals surface area contributed by atoms with E-state index in [1.165, 1.54) is 77.3 Å². The summed E-state index contributed by atoms with van der Waals surface area (Å²) in [7, 11) is 0. The molecule has 12 rings (SSSR count). The van der Waals surface area contributed by atoms with E-state index in [4.69, 9.17) is 6.58 Å². The number of para-hydroxylation sites is 1. The minimum absolute atomic E-state index is 0.211. The van der Waals surface area contributed by atoms with Crippen molar-refractivity contribution in [2.75, 3.05) is 4.90 Å². The smallest absolute Gasteiger partial charge is 0.0541 e. The minimum Gasteiger partial charge on any atom is -0.310 e. The van der Waals surface area contributed by atoms with E-state index in [0.717, 1.165) is 57.7 Å². The first-order chi connectivity index (χ1) is 34.5. The van der Waals surface area contributed by atoms with Gasteiger partial charge in [0.2, 0.25) is 0 Å². The van der Waals surface area contributed by atoms with Gasteiger partial charge in [0.25, 0.3) is 0 Å². The highest BCUT2D eigenvalue weighted by Gasteiger charge is 2.37. The number of anilines is 2. The molecule has 336 valence electrons. The number of aryl methyl sites for hydroxylation is 1. The maximum Gasteiger partial charge on any atom is 0.0541 e. The van der Waals surface area contributed by atoms with E-state index >= 15 is 0 Å². The van der Waals surface area contributed by atoms with E-state index in [1.807, 2.05) is 12.2 Å². The molecule has 1 aromatic heterocycles. The van der Waals surface area contributed by atoms with Crippen LogP contribution >= 0.6 is 0 Å². The highest BCUT2D eigenvalue weighted by Crippen LogP contribution is 2.53. The molecule has 0 saturated carbocycles. The Balaban J connectivity index is 0.997. The Morgan fingerprint density at radius 3 is 2.21 bits per heavy atom. The summed E-state index contributed by atoms with van der Waals surface area (Å²) in [5.41, 5.74) is 21.9. The molecule has 0 saturated heterocycles. The molecule has 0 fully saturated rings. The lowest BCUT2D eigenvalue weighted by Gasteiger charge is -2.39. The molecule has 2 nitrogen and oxygen atoms in total. The number of fused-ring (bicyclic) bond motifs is 5. The van der Waals surface area contributed by atoms with E-state index in [0.29, 0.717) is 0 Å². The van der Waals surface area contributed by atoms with Crippen LogP contribution in [-0.2, 0) is 0 Å². The first-order valence-corrected chi connectivity index (χ1v) is 24.6. The molecule has 0 N–H and O–H groups in total. The third kappa shape index (κ3) is 7.18. The summed E-state index contributed by atoms with van der Waals surface area (Å²) in [6.45, 7) is 13.4. The number of hydrogen-bond acceptors (Lipinski definition) is 1. The van der Waals surface area contributed by atoms with Crippen molar-refractivity contribution in [3.63, 3.8) is 0 Å². The molecule has 8 aromatic carbocycles. The molecule has 0 spiro atoms. The molecule has 1 heterocycles. The molecule has 2 heteroatoms. The van der Waals surface area contributed by atoms with Crippen molar-refractivity contribution in [1.29, 1.82) is 0 Å². The van der Waals surface area contributed by atoms with Crippen molar-refractivity contribution >= 4 is 61.3 Å². The summed E-state index contributed by atoms with van der Waals surface area (Å²) < 4.78 is 2.44. The van der Waals surface area contributed by atoms with Crippen LogP contribution in [0, 0.1) is 19.8 Å². The molecule has 2 atom stereocenters. The van der Waals surface area contributed by atoms with Crippen molar-refractivity contribution in [3.05, 3.63) is 288 Å². The molecule has 0 amide bonds. The van der Waals surface area contributed by atoms with Crippen LogP contribution in [-0.4, -0.2) is 4.57 Å². The summed E-state index contributed by atoms with van der Waals surface area (Å²) in [6.07, 6.45) is 22.3. The summed E-state index contributed by atoms with van der Waals surface area (Å²) in [6, 6.07) is 64.6. The predicted molar refractivity (Wildman–Crippen MR) is 300 cm³/mol. The second kappa shape index (κ2) is 17.9. The number of allylic oxidation sites excluding steroid dienone is 12. The van der Waals surface area contributed by atoms with Gasteiger partial charge in [-0.2, -0.15) is 0 Å². The van der Waals surface area contributed by atoms with Gasteiger partial charge in [-0.15, -0.1) is 0 Å². The van der Waals surface area contributed by atoms with Gasteiger partial charge in [-0.25, -0.2) is 0 Å². The van der Waals surface area contributed by atoms with Crippen LogP contribution in [0.1, 0.15) is 52.1 Å². The predicted octanol–water partition coefficient (Wildman–Crippen LogP) is 18.2. The largest absolute Gasteiger partial charge is 0.310 e. The number of rotatable bonds is 10. The number of aromatic nitrogens is 1. The summed E-state index contributed by atoms with van der Waals surface area (Å²) in [4.78, 5) is 2.36. The summed E-state index contributed by atoms with van der Waals surface area (Å²) in [5.74, 6) is 0.448. The van der Waals surface area contributed by atoms with E-state index in [-0.39, 0.29) is 11.8 Å². The van der Waals surface area contributed by atoms with Crippen LogP contribution in [0.5, 0.6) is 0 Å². The van der Waals surface area contributed by atoms with Crippen molar-refractivity contribution in [3.8, 4) is 16.8 Å². The molecular weight excluding hydrogens is 845 g/mol. The van der Waals surface area contributed by atoms with Crippen molar-refractivity contribution in [2.45, 2.75) is 32.6 Å². The Kier molecular flexibility index (Phi) is 11.0. The van der Waals surface area contributed by atoms with Crippen molar-refractivity contribution < 1.29 is 0 Å². The lowest BCUT2D eigenvalue weighted by molar-refractivity contribution is 0.637. The normalized spacial score (nSPS) is 16.4. The zero-order chi connectivity index (χ0) is 47.3. The fourth-order valence-electron chi connectivity index (χ4n) is 11.7. The zero-order valence-electron chi connectivity index (χ0n) is 39.8. The third-order valence-corrected chi connectivity index (χ3v) is 15.0. The van der Waals surface area contributed by atoms with Gasteiger partial charge in [0.05, 0.1) is 16.7 Å². The third-order valence-electron chi connectivity index (χ3n) is 15.0. The number of hydrogen-bond donors (Lipinski definition) is 0. The molecule has 0 bridgehead atoms. The SMILES string of the molecule is C=C/C=C\c1c(C)c(N(C(=C)c2ccccc2-c2ccccc2C)c2ccc(-n3c4ccccc4c4cc(C5C6=C(CCC=C6)C(c6ccccc6)=C6C=CC=CC65)ccc43)cc2)cc2ccccc12. The zero-order valence-corrected chi connectivity index (χ0v) is 39.8. The van der Waals surface area contributed by atoms with Gasteiger partial charge < -0.3 is 9.47 Å². The Hall–Kier alpha value is -8.46. The monoisotopic (exact) mass is 898 g/mol. The van der Waals surface area contributed by atoms with Gasteiger partial charge in [0.15, 0.2) is 0 Å². The van der Waals surface area contributed by atoms with E-state index < -0.39 is 0 Å². The van der Waals surface area contributed by atoms with E-state index in [1.54, 1.807) is 0 Å².